The Bertz CT molecular complexity index is 274. The third kappa shape index (κ3) is 1.27. The molecule has 0 amide bonds. The molecule has 0 heteroatoms. The molecule has 3 aliphatic carbocycles. The summed E-state index contributed by atoms with van der Waals surface area (Å²) in [5.41, 5.74) is 3.62. The molecule has 2 atom stereocenters. The van der Waals surface area contributed by atoms with Crippen molar-refractivity contribution >= 4 is 0 Å². The molecule has 72 valence electrons. The average Bonchev–Trinajstić information content (AvgIpc) is 2.03. The van der Waals surface area contributed by atoms with Gasteiger partial charge in [0.25, 0.3) is 0 Å². The SMILES string of the molecule is CC(C)=CC1=CC[C@H]2C[C@@H]1C2(C)C. The Morgan fingerprint density at radius 2 is 2.15 bits per heavy atom. The summed E-state index contributed by atoms with van der Waals surface area (Å²) in [4.78, 5) is 0. The Labute approximate surface area is 81.7 Å². The van der Waals surface area contributed by atoms with Gasteiger partial charge in [-0.1, -0.05) is 31.6 Å². The highest BCUT2D eigenvalue weighted by molar-refractivity contribution is 5.33. The van der Waals surface area contributed by atoms with E-state index >= 15 is 0 Å². The molecule has 0 unspecified atom stereocenters. The van der Waals surface area contributed by atoms with Gasteiger partial charge in [0.1, 0.15) is 0 Å². The van der Waals surface area contributed by atoms with Gasteiger partial charge in [0.05, 0.1) is 0 Å². The van der Waals surface area contributed by atoms with E-state index in [0.717, 1.165) is 11.8 Å². The highest BCUT2D eigenvalue weighted by Crippen LogP contribution is 2.59. The number of hydrogen-bond donors (Lipinski definition) is 0. The molecule has 0 aromatic carbocycles. The van der Waals surface area contributed by atoms with Gasteiger partial charge in [0, 0.05) is 0 Å². The third-order valence-electron chi connectivity index (χ3n) is 3.97. The lowest BCUT2D eigenvalue weighted by atomic mass is 9.49. The van der Waals surface area contributed by atoms with Crippen LogP contribution in [0.2, 0.25) is 0 Å². The minimum absolute atomic E-state index is 0.579. The monoisotopic (exact) mass is 176 g/mol. The van der Waals surface area contributed by atoms with Crippen molar-refractivity contribution in [2.45, 2.75) is 40.5 Å². The predicted octanol–water partition coefficient (Wildman–Crippen LogP) is 3.95. The topological polar surface area (TPSA) is 0 Å². The van der Waals surface area contributed by atoms with Crippen molar-refractivity contribution < 1.29 is 0 Å². The second kappa shape index (κ2) is 2.73. The Kier molecular flexibility index (Phi) is 1.90. The van der Waals surface area contributed by atoms with Gasteiger partial charge in [-0.15, -0.1) is 0 Å². The standard InChI is InChI=1S/C13H20/c1-9(2)7-10-5-6-11-8-12(10)13(11,3)4/h5,7,11-12H,6,8H2,1-4H3/t11-,12-/m0/s1. The van der Waals surface area contributed by atoms with Gasteiger partial charge in [0.2, 0.25) is 0 Å². The third-order valence-corrected chi connectivity index (χ3v) is 3.97. The van der Waals surface area contributed by atoms with E-state index in [1.165, 1.54) is 18.4 Å². The Morgan fingerprint density at radius 3 is 2.62 bits per heavy atom. The zero-order chi connectivity index (χ0) is 9.64. The van der Waals surface area contributed by atoms with E-state index in [1.54, 1.807) is 5.57 Å². The first-order valence-corrected chi connectivity index (χ1v) is 5.37. The van der Waals surface area contributed by atoms with Crippen LogP contribution in [-0.4, -0.2) is 0 Å². The van der Waals surface area contributed by atoms with Crippen molar-refractivity contribution in [1.82, 2.24) is 0 Å². The molecule has 2 bridgehead atoms. The van der Waals surface area contributed by atoms with Crippen molar-refractivity contribution in [3.05, 3.63) is 23.3 Å². The molecule has 3 rings (SSSR count). The molecule has 0 spiro atoms. The number of fused-ring (bicyclic) bond motifs is 1. The summed E-state index contributed by atoms with van der Waals surface area (Å²) in [7, 11) is 0. The summed E-state index contributed by atoms with van der Waals surface area (Å²) in [6, 6.07) is 0. The smallest absolute Gasteiger partial charge is 0.0108 e. The number of rotatable bonds is 1. The molecule has 0 nitrogen and oxygen atoms in total. The Hall–Kier alpha value is -0.520. The van der Waals surface area contributed by atoms with Gasteiger partial charge < -0.3 is 0 Å². The quantitative estimate of drug-likeness (QED) is 0.567. The number of hydrogen-bond acceptors (Lipinski definition) is 0. The van der Waals surface area contributed by atoms with Crippen LogP contribution in [0.5, 0.6) is 0 Å². The van der Waals surface area contributed by atoms with Crippen LogP contribution in [0.15, 0.2) is 23.3 Å². The van der Waals surface area contributed by atoms with Crippen molar-refractivity contribution in [3.8, 4) is 0 Å². The Balaban J connectivity index is 2.24. The summed E-state index contributed by atoms with van der Waals surface area (Å²) >= 11 is 0. The van der Waals surface area contributed by atoms with Crippen LogP contribution < -0.4 is 0 Å². The van der Waals surface area contributed by atoms with E-state index in [-0.39, 0.29) is 0 Å². The minimum atomic E-state index is 0.579. The van der Waals surface area contributed by atoms with Crippen molar-refractivity contribution in [2.24, 2.45) is 17.3 Å². The van der Waals surface area contributed by atoms with E-state index in [2.05, 4.69) is 39.8 Å². The molecule has 0 aliphatic heterocycles. The molecular weight excluding hydrogens is 156 g/mol. The second-order valence-corrected chi connectivity index (χ2v) is 5.47. The molecule has 1 saturated carbocycles. The maximum Gasteiger partial charge on any atom is -0.0108 e. The number of allylic oxidation sites excluding steroid dienone is 4. The van der Waals surface area contributed by atoms with Crippen molar-refractivity contribution in [2.75, 3.05) is 0 Å². The lowest BCUT2D eigenvalue weighted by molar-refractivity contribution is -0.00334. The maximum atomic E-state index is 2.46. The average molecular weight is 176 g/mol. The lowest BCUT2D eigenvalue weighted by Crippen LogP contribution is -2.47. The fraction of sp³-hybridized carbons (Fsp3) is 0.692. The van der Waals surface area contributed by atoms with Gasteiger partial charge in [-0.25, -0.2) is 0 Å². The summed E-state index contributed by atoms with van der Waals surface area (Å²) in [6.07, 6.45) is 7.57. The zero-order valence-corrected chi connectivity index (χ0v) is 9.22. The predicted molar refractivity (Wildman–Crippen MR) is 57.5 cm³/mol. The van der Waals surface area contributed by atoms with Crippen LogP contribution in [0, 0.1) is 17.3 Å². The normalized spacial score (nSPS) is 34.6. The summed E-state index contributed by atoms with van der Waals surface area (Å²) in [5.74, 6) is 1.81. The van der Waals surface area contributed by atoms with Crippen LogP contribution in [0.25, 0.3) is 0 Å². The van der Waals surface area contributed by atoms with Crippen molar-refractivity contribution in [1.29, 1.82) is 0 Å². The molecule has 13 heavy (non-hydrogen) atoms. The molecule has 3 aliphatic rings. The summed E-state index contributed by atoms with van der Waals surface area (Å²) < 4.78 is 0. The first kappa shape index (κ1) is 9.05. The molecule has 1 fully saturated rings. The Morgan fingerprint density at radius 1 is 1.46 bits per heavy atom. The van der Waals surface area contributed by atoms with Crippen LogP contribution in [0.4, 0.5) is 0 Å². The lowest BCUT2D eigenvalue weighted by Gasteiger charge is -2.56. The van der Waals surface area contributed by atoms with Gasteiger partial charge in [0.15, 0.2) is 0 Å². The molecule has 0 saturated heterocycles. The maximum absolute atomic E-state index is 2.46. The largest absolute Gasteiger partial charge is 0.0807 e. The first-order chi connectivity index (χ1) is 6.01. The van der Waals surface area contributed by atoms with Crippen LogP contribution >= 0.6 is 0 Å². The highest BCUT2D eigenvalue weighted by Gasteiger charge is 2.50. The van der Waals surface area contributed by atoms with E-state index in [9.17, 15) is 0 Å². The first-order valence-electron chi connectivity index (χ1n) is 5.37. The van der Waals surface area contributed by atoms with E-state index < -0.39 is 0 Å². The van der Waals surface area contributed by atoms with Gasteiger partial charge >= 0.3 is 0 Å². The van der Waals surface area contributed by atoms with E-state index in [1.807, 2.05) is 0 Å². The second-order valence-electron chi connectivity index (χ2n) is 5.47. The minimum Gasteiger partial charge on any atom is -0.0807 e. The van der Waals surface area contributed by atoms with Gasteiger partial charge in [-0.2, -0.15) is 0 Å². The molecule has 0 radical (unpaired) electrons. The fourth-order valence-electron chi connectivity index (χ4n) is 2.90. The van der Waals surface area contributed by atoms with E-state index in [4.69, 9.17) is 0 Å². The summed E-state index contributed by atoms with van der Waals surface area (Å²) in [5, 5.41) is 0. The molecule has 0 heterocycles. The molecule has 0 aromatic rings. The zero-order valence-electron chi connectivity index (χ0n) is 9.22. The van der Waals surface area contributed by atoms with Crippen molar-refractivity contribution in [3.63, 3.8) is 0 Å². The van der Waals surface area contributed by atoms with Gasteiger partial charge in [-0.3, -0.25) is 0 Å². The van der Waals surface area contributed by atoms with Crippen LogP contribution in [0.1, 0.15) is 40.5 Å². The molecule has 0 aromatic heterocycles. The summed E-state index contributed by atoms with van der Waals surface area (Å²) in [6.45, 7) is 9.24. The van der Waals surface area contributed by atoms with Crippen LogP contribution in [0.3, 0.4) is 0 Å². The highest BCUT2D eigenvalue weighted by atomic mass is 14.5. The van der Waals surface area contributed by atoms with Crippen LogP contribution in [-0.2, 0) is 0 Å². The molecular formula is C13H20. The fourth-order valence-corrected chi connectivity index (χ4v) is 2.90. The molecule has 0 N–H and O–H groups in total. The van der Waals surface area contributed by atoms with E-state index in [0.29, 0.717) is 5.41 Å². The van der Waals surface area contributed by atoms with Gasteiger partial charge in [-0.05, 0) is 49.5 Å².